The lowest BCUT2D eigenvalue weighted by Crippen LogP contribution is -2.27. The van der Waals surface area contributed by atoms with Crippen molar-refractivity contribution in [1.82, 2.24) is 14.9 Å². The highest BCUT2D eigenvalue weighted by Gasteiger charge is 2.17. The Balaban J connectivity index is 1.57. The number of carbonyl (C=O) groups excluding carboxylic acids is 2. The minimum absolute atomic E-state index is 0.172. The minimum Gasteiger partial charge on any atom is -0.465 e. The molecule has 0 aliphatic rings. The molecule has 2 heterocycles. The first-order chi connectivity index (χ1) is 15.5. The van der Waals surface area contributed by atoms with Gasteiger partial charge in [0.05, 0.1) is 29.8 Å². The summed E-state index contributed by atoms with van der Waals surface area (Å²) in [6.45, 7) is 2.48. The van der Waals surface area contributed by atoms with Gasteiger partial charge in [0.2, 0.25) is 0 Å². The zero-order valence-electron chi connectivity index (χ0n) is 17.7. The number of halogens is 1. The van der Waals surface area contributed by atoms with E-state index in [1.54, 1.807) is 24.4 Å². The molecule has 32 heavy (non-hydrogen) atoms. The van der Waals surface area contributed by atoms with Gasteiger partial charge in [-0.05, 0) is 48.4 Å². The average Bonchev–Trinajstić information content (AvgIpc) is 3.23. The number of rotatable bonds is 6. The molecule has 0 saturated heterocycles. The van der Waals surface area contributed by atoms with E-state index in [2.05, 4.69) is 10.3 Å². The minimum atomic E-state index is -0.392. The Hall–Kier alpha value is -3.64. The van der Waals surface area contributed by atoms with Gasteiger partial charge in [-0.1, -0.05) is 41.9 Å². The van der Waals surface area contributed by atoms with Crippen molar-refractivity contribution >= 4 is 34.4 Å². The molecule has 0 unspecified atom stereocenters. The molecule has 4 rings (SSSR count). The normalized spacial score (nSPS) is 11.8. The SMILES string of the molecule is COC(=O)c1ccc([C@H](C)NC(=O)c2cccc3ccn(Cc4ccc(Cl)nc4)c23)cc1. The van der Waals surface area contributed by atoms with E-state index in [-0.39, 0.29) is 11.9 Å². The van der Waals surface area contributed by atoms with Crippen molar-refractivity contribution in [3.63, 3.8) is 0 Å². The van der Waals surface area contributed by atoms with Gasteiger partial charge < -0.3 is 14.6 Å². The number of carbonyl (C=O) groups is 2. The van der Waals surface area contributed by atoms with Crippen LogP contribution in [0.2, 0.25) is 5.15 Å². The number of nitrogens with zero attached hydrogens (tertiary/aromatic N) is 2. The first kappa shape index (κ1) is 21.6. The van der Waals surface area contributed by atoms with Gasteiger partial charge in [0, 0.05) is 24.3 Å². The lowest BCUT2D eigenvalue weighted by Gasteiger charge is -2.16. The average molecular weight is 448 g/mol. The maximum Gasteiger partial charge on any atom is 0.337 e. The van der Waals surface area contributed by atoms with Crippen molar-refractivity contribution in [2.24, 2.45) is 0 Å². The third-order valence-corrected chi connectivity index (χ3v) is 5.58. The van der Waals surface area contributed by atoms with Crippen LogP contribution in [0.5, 0.6) is 0 Å². The zero-order valence-corrected chi connectivity index (χ0v) is 18.5. The highest BCUT2D eigenvalue weighted by molar-refractivity contribution is 6.29. The number of esters is 1. The van der Waals surface area contributed by atoms with Gasteiger partial charge in [-0.25, -0.2) is 9.78 Å². The third kappa shape index (κ3) is 4.50. The molecule has 2 aromatic carbocycles. The maximum atomic E-state index is 13.2. The van der Waals surface area contributed by atoms with Crippen LogP contribution in [0.15, 0.2) is 73.1 Å². The molecule has 4 aromatic rings. The molecular weight excluding hydrogens is 426 g/mol. The second-order valence-corrected chi connectivity index (χ2v) is 7.87. The van der Waals surface area contributed by atoms with Crippen LogP contribution in [0.4, 0.5) is 0 Å². The quantitative estimate of drug-likeness (QED) is 0.333. The van der Waals surface area contributed by atoms with Crippen molar-refractivity contribution < 1.29 is 14.3 Å². The number of para-hydroxylation sites is 1. The fourth-order valence-electron chi connectivity index (χ4n) is 3.66. The summed E-state index contributed by atoms with van der Waals surface area (Å²) in [5, 5.41) is 4.48. The van der Waals surface area contributed by atoms with Crippen LogP contribution >= 0.6 is 11.6 Å². The summed E-state index contributed by atoms with van der Waals surface area (Å²) in [7, 11) is 1.35. The summed E-state index contributed by atoms with van der Waals surface area (Å²) in [6.07, 6.45) is 3.70. The molecule has 0 aliphatic carbocycles. The van der Waals surface area contributed by atoms with Crippen LogP contribution in [0.3, 0.4) is 0 Å². The largest absolute Gasteiger partial charge is 0.465 e. The highest BCUT2D eigenvalue weighted by Crippen LogP contribution is 2.23. The number of hydrogen-bond donors (Lipinski definition) is 1. The van der Waals surface area contributed by atoms with Gasteiger partial charge in [0.25, 0.3) is 5.91 Å². The van der Waals surface area contributed by atoms with Gasteiger partial charge in [-0.3, -0.25) is 4.79 Å². The Morgan fingerprint density at radius 2 is 1.88 bits per heavy atom. The third-order valence-electron chi connectivity index (χ3n) is 5.35. The van der Waals surface area contributed by atoms with Crippen molar-refractivity contribution in [3.05, 3.63) is 100 Å². The standard InChI is InChI=1S/C25H22ClN3O3/c1-16(18-7-9-20(10-8-18)25(31)32-2)28-24(30)21-5-3-4-19-12-13-29(23(19)21)15-17-6-11-22(26)27-14-17/h3-14,16H,15H2,1-2H3,(H,28,30)/t16-/m0/s1. The predicted molar refractivity (Wildman–Crippen MR) is 124 cm³/mol. The van der Waals surface area contributed by atoms with E-state index in [1.807, 2.05) is 60.2 Å². The Bertz CT molecular complexity index is 1260. The van der Waals surface area contributed by atoms with E-state index < -0.39 is 5.97 Å². The van der Waals surface area contributed by atoms with Crippen LogP contribution in [-0.4, -0.2) is 28.5 Å². The fraction of sp³-hybridized carbons (Fsp3) is 0.160. The summed E-state index contributed by atoms with van der Waals surface area (Å²) >= 11 is 5.89. The van der Waals surface area contributed by atoms with Gasteiger partial charge in [0.15, 0.2) is 0 Å². The number of amides is 1. The van der Waals surface area contributed by atoms with E-state index >= 15 is 0 Å². The Morgan fingerprint density at radius 3 is 2.56 bits per heavy atom. The van der Waals surface area contributed by atoms with Crippen molar-refractivity contribution in [3.8, 4) is 0 Å². The topological polar surface area (TPSA) is 73.2 Å². The summed E-state index contributed by atoms with van der Waals surface area (Å²) in [4.78, 5) is 29.0. The molecule has 6 nitrogen and oxygen atoms in total. The molecule has 0 aliphatic heterocycles. The number of fused-ring (bicyclic) bond motifs is 1. The number of benzene rings is 2. The van der Waals surface area contributed by atoms with Crippen LogP contribution in [0.1, 0.15) is 44.8 Å². The van der Waals surface area contributed by atoms with Crippen LogP contribution in [0.25, 0.3) is 10.9 Å². The molecule has 0 spiro atoms. The van der Waals surface area contributed by atoms with E-state index in [0.717, 1.165) is 22.0 Å². The highest BCUT2D eigenvalue weighted by atomic mass is 35.5. The number of ether oxygens (including phenoxy) is 1. The van der Waals surface area contributed by atoms with E-state index in [1.165, 1.54) is 7.11 Å². The first-order valence-electron chi connectivity index (χ1n) is 10.1. The molecule has 7 heteroatoms. The maximum absolute atomic E-state index is 13.2. The Labute approximate surface area is 190 Å². The predicted octanol–water partition coefficient (Wildman–Crippen LogP) is 5.02. The molecule has 1 N–H and O–H groups in total. The fourth-order valence-corrected chi connectivity index (χ4v) is 3.77. The molecule has 0 radical (unpaired) electrons. The van der Waals surface area contributed by atoms with Crippen molar-refractivity contribution in [2.45, 2.75) is 19.5 Å². The van der Waals surface area contributed by atoms with E-state index in [0.29, 0.717) is 22.8 Å². The lowest BCUT2D eigenvalue weighted by molar-refractivity contribution is 0.0600. The zero-order chi connectivity index (χ0) is 22.7. The molecule has 0 fully saturated rings. The van der Waals surface area contributed by atoms with Gasteiger partial charge >= 0.3 is 5.97 Å². The number of hydrogen-bond acceptors (Lipinski definition) is 4. The van der Waals surface area contributed by atoms with Gasteiger partial charge in [0.1, 0.15) is 5.15 Å². The second kappa shape index (κ2) is 9.24. The second-order valence-electron chi connectivity index (χ2n) is 7.48. The molecular formula is C25H22ClN3O3. The summed E-state index contributed by atoms with van der Waals surface area (Å²) in [5.41, 5.74) is 3.79. The first-order valence-corrected chi connectivity index (χ1v) is 10.5. The number of nitrogens with one attached hydrogen (secondary N) is 1. The van der Waals surface area contributed by atoms with E-state index in [9.17, 15) is 9.59 Å². The lowest BCUT2D eigenvalue weighted by atomic mass is 10.0. The molecule has 2 aromatic heterocycles. The van der Waals surface area contributed by atoms with Crippen LogP contribution in [-0.2, 0) is 11.3 Å². The van der Waals surface area contributed by atoms with Crippen LogP contribution in [0, 0.1) is 0 Å². The molecule has 162 valence electrons. The van der Waals surface area contributed by atoms with E-state index in [4.69, 9.17) is 16.3 Å². The van der Waals surface area contributed by atoms with Gasteiger partial charge in [-0.2, -0.15) is 0 Å². The molecule has 1 atom stereocenters. The number of aromatic nitrogens is 2. The summed E-state index contributed by atoms with van der Waals surface area (Å²) in [5.74, 6) is -0.564. The van der Waals surface area contributed by atoms with Crippen molar-refractivity contribution in [2.75, 3.05) is 7.11 Å². The van der Waals surface area contributed by atoms with Crippen molar-refractivity contribution in [1.29, 1.82) is 0 Å². The van der Waals surface area contributed by atoms with Crippen LogP contribution < -0.4 is 5.32 Å². The summed E-state index contributed by atoms with van der Waals surface area (Å²) < 4.78 is 6.76. The van der Waals surface area contributed by atoms with Gasteiger partial charge in [-0.15, -0.1) is 0 Å². The molecule has 0 saturated carbocycles. The monoisotopic (exact) mass is 447 g/mol. The number of pyridine rings is 1. The Kier molecular flexibility index (Phi) is 6.23. The molecule has 1 amide bonds. The summed E-state index contributed by atoms with van der Waals surface area (Å²) in [6, 6.07) is 18.1. The Morgan fingerprint density at radius 1 is 1.09 bits per heavy atom. The smallest absolute Gasteiger partial charge is 0.337 e. The number of methoxy groups -OCH3 is 1. The molecule has 0 bridgehead atoms.